The van der Waals surface area contributed by atoms with E-state index in [1.165, 1.54) is 5.52 Å². The van der Waals surface area contributed by atoms with Gasteiger partial charge in [0, 0.05) is 19.0 Å². The zero-order valence-corrected chi connectivity index (χ0v) is 11.6. The van der Waals surface area contributed by atoms with Crippen molar-refractivity contribution in [3.63, 3.8) is 0 Å². The van der Waals surface area contributed by atoms with Crippen LogP contribution in [0.2, 0.25) is 0 Å². The molecule has 1 unspecified atom stereocenters. The number of imidazole rings is 1. The quantitative estimate of drug-likeness (QED) is 0.879. The van der Waals surface area contributed by atoms with Crippen molar-refractivity contribution >= 4 is 11.0 Å². The van der Waals surface area contributed by atoms with Crippen molar-refractivity contribution in [3.8, 4) is 0 Å². The number of aromatic nitrogens is 2. The summed E-state index contributed by atoms with van der Waals surface area (Å²) in [6.07, 6.45) is 1.11. The molecule has 1 heterocycles. The monoisotopic (exact) mass is 245 g/mol. The van der Waals surface area contributed by atoms with Crippen LogP contribution in [-0.4, -0.2) is 16.1 Å². The van der Waals surface area contributed by atoms with E-state index in [1.54, 1.807) is 0 Å². The second-order valence-corrected chi connectivity index (χ2v) is 5.20. The van der Waals surface area contributed by atoms with Crippen molar-refractivity contribution in [2.75, 3.05) is 6.54 Å². The van der Waals surface area contributed by atoms with Crippen LogP contribution in [0, 0.1) is 5.92 Å². The summed E-state index contributed by atoms with van der Waals surface area (Å²) >= 11 is 0. The molecule has 0 aliphatic rings. The minimum Gasteiger partial charge on any atom is -0.330 e. The molecule has 0 saturated carbocycles. The van der Waals surface area contributed by atoms with E-state index in [-0.39, 0.29) is 0 Å². The highest BCUT2D eigenvalue weighted by Crippen LogP contribution is 2.27. The molecule has 1 aromatic heterocycles. The number of nitrogens with two attached hydrogens (primary N) is 1. The first kappa shape index (κ1) is 13.1. The van der Waals surface area contributed by atoms with Crippen LogP contribution in [-0.2, 0) is 6.54 Å². The van der Waals surface area contributed by atoms with Gasteiger partial charge in [-0.25, -0.2) is 4.98 Å². The first-order chi connectivity index (χ1) is 8.69. The van der Waals surface area contributed by atoms with Crippen molar-refractivity contribution in [2.24, 2.45) is 11.7 Å². The zero-order chi connectivity index (χ0) is 13.1. The molecule has 0 saturated heterocycles. The van der Waals surface area contributed by atoms with Gasteiger partial charge in [0.15, 0.2) is 0 Å². The Morgan fingerprint density at radius 2 is 2.00 bits per heavy atom. The molecule has 0 spiro atoms. The molecule has 3 heteroatoms. The fraction of sp³-hybridized carbons (Fsp3) is 0.533. The average Bonchev–Trinajstić information content (AvgIpc) is 2.70. The Labute approximate surface area is 109 Å². The Bertz CT molecular complexity index is 513. The minimum absolute atomic E-state index is 0.337. The molecule has 0 radical (unpaired) electrons. The van der Waals surface area contributed by atoms with E-state index in [0.717, 1.165) is 24.3 Å². The number of hydrogen-bond acceptors (Lipinski definition) is 2. The highest BCUT2D eigenvalue weighted by atomic mass is 15.1. The average molecular weight is 245 g/mol. The van der Waals surface area contributed by atoms with Crippen LogP contribution in [0.3, 0.4) is 0 Å². The van der Waals surface area contributed by atoms with E-state index in [2.05, 4.69) is 43.5 Å². The van der Waals surface area contributed by atoms with Gasteiger partial charge in [0.2, 0.25) is 0 Å². The van der Waals surface area contributed by atoms with Crippen molar-refractivity contribution in [1.29, 1.82) is 0 Å². The number of fused-ring (bicyclic) bond motifs is 1. The smallest absolute Gasteiger partial charge is 0.114 e. The lowest BCUT2D eigenvalue weighted by atomic mass is 9.95. The summed E-state index contributed by atoms with van der Waals surface area (Å²) in [5, 5.41) is 0. The largest absolute Gasteiger partial charge is 0.330 e. The highest BCUT2D eigenvalue weighted by Gasteiger charge is 2.21. The topological polar surface area (TPSA) is 43.8 Å². The Kier molecular flexibility index (Phi) is 4.02. The molecule has 0 aliphatic carbocycles. The molecule has 0 fully saturated rings. The predicted molar refractivity (Wildman–Crippen MR) is 76.7 cm³/mol. The van der Waals surface area contributed by atoms with Gasteiger partial charge in [0.1, 0.15) is 5.82 Å². The third kappa shape index (κ3) is 2.27. The van der Waals surface area contributed by atoms with E-state index in [4.69, 9.17) is 10.7 Å². The summed E-state index contributed by atoms with van der Waals surface area (Å²) < 4.78 is 2.34. The van der Waals surface area contributed by atoms with Crippen molar-refractivity contribution in [2.45, 2.75) is 39.7 Å². The third-order valence-corrected chi connectivity index (χ3v) is 3.52. The van der Waals surface area contributed by atoms with Gasteiger partial charge in [-0.2, -0.15) is 0 Å². The van der Waals surface area contributed by atoms with Crippen molar-refractivity contribution in [1.82, 2.24) is 9.55 Å². The second kappa shape index (κ2) is 5.53. The summed E-state index contributed by atoms with van der Waals surface area (Å²) in [6, 6.07) is 8.35. The molecule has 1 aromatic carbocycles. The van der Waals surface area contributed by atoms with Crippen molar-refractivity contribution < 1.29 is 0 Å². The normalized spacial score (nSPS) is 13.4. The van der Waals surface area contributed by atoms with Crippen LogP contribution >= 0.6 is 0 Å². The molecule has 0 amide bonds. The summed E-state index contributed by atoms with van der Waals surface area (Å²) in [5.41, 5.74) is 8.25. The third-order valence-electron chi connectivity index (χ3n) is 3.52. The minimum atomic E-state index is 0.337. The van der Waals surface area contributed by atoms with Gasteiger partial charge in [0.25, 0.3) is 0 Å². The summed E-state index contributed by atoms with van der Waals surface area (Å²) in [7, 11) is 0. The number of para-hydroxylation sites is 2. The van der Waals surface area contributed by atoms with Crippen LogP contribution in [0.5, 0.6) is 0 Å². The van der Waals surface area contributed by atoms with Crippen LogP contribution in [0.25, 0.3) is 11.0 Å². The van der Waals surface area contributed by atoms with Gasteiger partial charge in [-0.15, -0.1) is 0 Å². The maximum absolute atomic E-state index is 5.94. The number of benzene rings is 1. The maximum Gasteiger partial charge on any atom is 0.114 e. The summed E-state index contributed by atoms with van der Waals surface area (Å²) in [4.78, 5) is 4.81. The Morgan fingerprint density at radius 1 is 1.28 bits per heavy atom. The number of hydrogen-bond donors (Lipinski definition) is 1. The van der Waals surface area contributed by atoms with Crippen LogP contribution < -0.4 is 5.73 Å². The van der Waals surface area contributed by atoms with Crippen LogP contribution in [0.15, 0.2) is 24.3 Å². The predicted octanol–water partition coefficient (Wildman–Crippen LogP) is 3.14. The lowest BCUT2D eigenvalue weighted by molar-refractivity contribution is 0.462. The van der Waals surface area contributed by atoms with E-state index in [9.17, 15) is 0 Å². The molecular weight excluding hydrogens is 222 g/mol. The van der Waals surface area contributed by atoms with Gasteiger partial charge < -0.3 is 10.3 Å². The van der Waals surface area contributed by atoms with Gasteiger partial charge in [-0.1, -0.05) is 32.9 Å². The highest BCUT2D eigenvalue weighted by molar-refractivity contribution is 5.76. The van der Waals surface area contributed by atoms with Gasteiger partial charge in [0.05, 0.1) is 11.0 Å². The lowest BCUT2D eigenvalue weighted by Gasteiger charge is -2.20. The Morgan fingerprint density at radius 3 is 2.61 bits per heavy atom. The summed E-state index contributed by atoms with van der Waals surface area (Å²) in [6.45, 7) is 8.30. The maximum atomic E-state index is 5.94. The molecule has 2 rings (SSSR count). The van der Waals surface area contributed by atoms with Crippen LogP contribution in [0.1, 0.15) is 38.9 Å². The fourth-order valence-corrected chi connectivity index (χ4v) is 2.51. The Balaban J connectivity index is 2.57. The molecule has 18 heavy (non-hydrogen) atoms. The standard InChI is InChI=1S/C15H23N3/c1-4-9-18-14-8-6-5-7-13(14)17-15(18)12(10-16)11(2)3/h5-8,11-12H,4,9-10,16H2,1-3H3. The summed E-state index contributed by atoms with van der Waals surface area (Å²) in [5.74, 6) is 2.00. The second-order valence-electron chi connectivity index (χ2n) is 5.20. The molecule has 1 atom stereocenters. The number of rotatable bonds is 5. The van der Waals surface area contributed by atoms with Gasteiger partial charge in [-0.3, -0.25) is 0 Å². The van der Waals surface area contributed by atoms with Gasteiger partial charge >= 0.3 is 0 Å². The first-order valence-electron chi connectivity index (χ1n) is 6.84. The van der Waals surface area contributed by atoms with Crippen LogP contribution in [0.4, 0.5) is 0 Å². The molecule has 98 valence electrons. The number of nitrogens with zero attached hydrogens (tertiary/aromatic N) is 2. The molecule has 2 aromatic rings. The molecule has 2 N–H and O–H groups in total. The first-order valence-corrected chi connectivity index (χ1v) is 6.84. The van der Waals surface area contributed by atoms with E-state index in [0.29, 0.717) is 18.4 Å². The molecule has 0 bridgehead atoms. The molecular formula is C15H23N3. The van der Waals surface area contributed by atoms with E-state index >= 15 is 0 Å². The Hall–Kier alpha value is -1.35. The molecule has 3 nitrogen and oxygen atoms in total. The van der Waals surface area contributed by atoms with E-state index < -0.39 is 0 Å². The lowest BCUT2D eigenvalue weighted by Crippen LogP contribution is -2.22. The number of aryl methyl sites for hydroxylation is 1. The SMILES string of the molecule is CCCn1c(C(CN)C(C)C)nc2ccccc21. The fourth-order valence-electron chi connectivity index (χ4n) is 2.51. The van der Waals surface area contributed by atoms with E-state index in [1.807, 2.05) is 6.07 Å². The van der Waals surface area contributed by atoms with Crippen molar-refractivity contribution in [3.05, 3.63) is 30.1 Å². The zero-order valence-electron chi connectivity index (χ0n) is 11.6. The van der Waals surface area contributed by atoms with Gasteiger partial charge in [-0.05, 0) is 24.5 Å². The molecule has 0 aliphatic heterocycles.